The molecule has 0 spiro atoms. The van der Waals surface area contributed by atoms with Gasteiger partial charge < -0.3 is 9.31 Å². The van der Waals surface area contributed by atoms with Gasteiger partial charge in [0.1, 0.15) is 0 Å². The summed E-state index contributed by atoms with van der Waals surface area (Å²) < 4.78 is 14.8. The molecule has 20 aromatic carbocycles. The first-order valence-corrected chi connectivity index (χ1v) is 47.4. The van der Waals surface area contributed by atoms with Gasteiger partial charge in [-0.3, -0.25) is 0 Å². The summed E-state index contributed by atoms with van der Waals surface area (Å²) in [6, 6.07) is 183. The van der Waals surface area contributed by atoms with Crippen molar-refractivity contribution < 1.29 is 9.31 Å². The van der Waals surface area contributed by atoms with Crippen LogP contribution in [0.3, 0.4) is 0 Å². The number of rotatable bonds is 16. The van der Waals surface area contributed by atoms with Gasteiger partial charge in [-0.25, -0.2) is 0 Å². The lowest BCUT2D eigenvalue weighted by Crippen LogP contribution is -2.41. The smallest absolute Gasteiger partial charge is 0.399 e. The normalized spacial score (nSPS) is 13.7. The highest BCUT2D eigenvalue weighted by molar-refractivity contribution is 9.10. The topological polar surface area (TPSA) is 18.5 Å². The summed E-state index contributed by atoms with van der Waals surface area (Å²) in [5, 5.41) is 0. The minimum Gasteiger partial charge on any atom is -0.399 e. The molecule has 0 bridgehead atoms. The molecule has 23 rings (SSSR count). The Morgan fingerprint density at radius 2 is 0.353 bits per heavy atom. The van der Waals surface area contributed by atoms with Gasteiger partial charge in [0.05, 0.1) is 22.0 Å². The first kappa shape index (κ1) is 85.1. The van der Waals surface area contributed by atoms with E-state index in [1.807, 2.05) is 0 Å². The maximum atomic E-state index is 6.30. The van der Waals surface area contributed by atoms with Crippen LogP contribution in [0.4, 0.5) is 0 Å². The highest BCUT2D eigenvalue weighted by Crippen LogP contribution is 2.59. The van der Waals surface area contributed by atoms with E-state index in [0.717, 1.165) is 20.0 Å². The molecule has 5 heteroatoms. The van der Waals surface area contributed by atoms with Crippen LogP contribution in [0.25, 0.3) is 145 Å². The van der Waals surface area contributed by atoms with Gasteiger partial charge in [0.25, 0.3) is 0 Å². The molecule has 1 heterocycles. The number of fused-ring (bicyclic) bond motifs is 6. The summed E-state index contributed by atoms with van der Waals surface area (Å²) >= 11 is 7.38. The molecule has 2 nitrogen and oxygen atoms in total. The van der Waals surface area contributed by atoms with Crippen molar-refractivity contribution in [2.45, 2.75) is 49.7 Å². The lowest BCUT2D eigenvalue weighted by Gasteiger charge is -2.34. The molecule has 0 amide bonds. The van der Waals surface area contributed by atoms with Crippen LogP contribution in [0.5, 0.6) is 0 Å². The predicted octanol–water partition coefficient (Wildman–Crippen LogP) is 33.9. The Hall–Kier alpha value is -14.7. The van der Waals surface area contributed by atoms with Crippen LogP contribution in [0.2, 0.25) is 0 Å². The van der Waals surface area contributed by atoms with Crippen molar-refractivity contribution in [1.82, 2.24) is 0 Å². The molecule has 0 atom stereocenters. The molecule has 636 valence electrons. The zero-order valence-electron chi connectivity index (χ0n) is 74.6. The average Bonchev–Trinajstić information content (AvgIpc) is 1.52. The second-order valence-corrected chi connectivity index (χ2v) is 37.7. The van der Waals surface area contributed by atoms with Crippen molar-refractivity contribution in [3.8, 4) is 145 Å². The predicted molar refractivity (Wildman–Crippen MR) is 565 cm³/mol. The molecule has 1 saturated heterocycles. The molecule has 3 aliphatic rings. The zero-order valence-corrected chi connectivity index (χ0v) is 77.7. The minimum atomic E-state index is -0.586. The third-order valence-electron chi connectivity index (χ3n) is 27.3. The van der Waals surface area contributed by atoms with E-state index < -0.39 is 5.41 Å². The van der Waals surface area contributed by atoms with E-state index >= 15 is 0 Å². The van der Waals surface area contributed by atoms with Gasteiger partial charge in [-0.15, -0.1) is 0 Å². The van der Waals surface area contributed by atoms with Crippen LogP contribution >= 0.6 is 31.9 Å². The lowest BCUT2D eigenvalue weighted by atomic mass is 9.67. The van der Waals surface area contributed by atoms with E-state index in [1.54, 1.807) is 0 Å². The number of hydrogen-bond acceptors (Lipinski definition) is 2. The van der Waals surface area contributed by atoms with Crippen LogP contribution in [-0.2, 0) is 20.1 Å². The zero-order chi connectivity index (χ0) is 90.0. The third kappa shape index (κ3) is 16.6. The molecule has 0 aromatic heterocycles. The first-order valence-electron chi connectivity index (χ1n) is 45.8. The Labute approximate surface area is 798 Å². The number of halogens is 2. The second kappa shape index (κ2) is 36.6. The second-order valence-electron chi connectivity index (χ2n) is 35.8. The van der Waals surface area contributed by atoms with Gasteiger partial charge in [-0.2, -0.15) is 0 Å². The molecule has 2 aliphatic carbocycles. The monoisotopic (exact) mass is 1830 g/mol. The van der Waals surface area contributed by atoms with E-state index in [2.05, 4.69) is 563 Å². The van der Waals surface area contributed by atoms with E-state index in [9.17, 15) is 0 Å². The van der Waals surface area contributed by atoms with Crippen molar-refractivity contribution in [2.75, 3.05) is 0 Å². The summed E-state index contributed by atoms with van der Waals surface area (Å²) in [6.07, 6.45) is 0. The summed E-state index contributed by atoms with van der Waals surface area (Å²) in [6.45, 7) is 8.36. The molecular weight excluding hydrogens is 1740 g/mol. The Balaban J connectivity index is 0.000000145. The SMILES string of the molecule is Brc1cccc(C2(c3cccc(Br)c3)c3ccccc3-c3ccccc32)c1.CC1(C)OB(c2cccc(-c3cc(-c4ccccc4)cc(-c4ccccc4)c3)c2)OC1(C)C.c1ccc(-c2cc(-c3ccccc3)cc(-c3cccc(-c4cccc(C5(c6cccc(-c7cccc(-c8cc(-c9ccccc9)cc(-c9ccccc9)c8)c7)c6)c6ccccc6-c6ccccc65)c4)c3)c2)cc1. The molecule has 20 aromatic rings. The van der Waals surface area contributed by atoms with Crippen molar-refractivity contribution in [3.63, 3.8) is 0 Å². The van der Waals surface area contributed by atoms with Crippen LogP contribution < -0.4 is 5.46 Å². The molecule has 0 unspecified atom stereocenters. The lowest BCUT2D eigenvalue weighted by molar-refractivity contribution is 0.00578. The van der Waals surface area contributed by atoms with Crippen LogP contribution in [0, 0.1) is 0 Å². The quantitative estimate of drug-likeness (QED) is 0.0898. The highest BCUT2D eigenvalue weighted by Gasteiger charge is 2.52. The molecule has 133 heavy (non-hydrogen) atoms. The maximum absolute atomic E-state index is 6.30. The summed E-state index contributed by atoms with van der Waals surface area (Å²) in [5.74, 6) is 0. The summed E-state index contributed by atoms with van der Waals surface area (Å²) in [5.41, 5.74) is 41.1. The van der Waals surface area contributed by atoms with E-state index in [4.69, 9.17) is 9.31 Å². The molecule has 0 saturated carbocycles. The van der Waals surface area contributed by atoms with Crippen molar-refractivity contribution >= 4 is 44.4 Å². The van der Waals surface area contributed by atoms with Gasteiger partial charge >= 0.3 is 7.12 Å². The standard InChI is InChI=1S/C73H50.C30H29BO2.C25H16Br2/c1-5-21-51(22-6-1)61-43-62(52-23-7-2-8-24-52)46-65(45-61)57-31-17-29-55(41-57)59-33-19-35-67(49-59)73(71-39-15-13-37-69(71)70-38-14-16-40-72(70)73)68-36-20-34-60(50-68)56-30-18-32-58(42-56)66-47-63(53-25-9-3-10-26-53)44-64(48-66)54-27-11-4-12-28-54;1-29(2)30(3,4)33-31(32-29)28-17-11-16-24(21-28)27-19-25(22-12-7-5-8-13-22)18-26(20-27)23-14-9-6-10-15-23;26-19-9-5-7-17(15-19)25(18-8-6-10-20(27)16-18)23-13-3-1-11-21(23)22-12-2-4-14-24(22)25/h1-50H;5-21H,1-4H3;1-16H. The Morgan fingerprint density at radius 3 is 0.624 bits per heavy atom. The molecule has 1 fully saturated rings. The third-order valence-corrected chi connectivity index (χ3v) is 28.2. The Kier molecular flexibility index (Phi) is 23.4. The number of hydrogen-bond donors (Lipinski definition) is 0. The maximum Gasteiger partial charge on any atom is 0.494 e. The molecular formula is C128H95BBr2O2. The van der Waals surface area contributed by atoms with Gasteiger partial charge in [0.2, 0.25) is 0 Å². The van der Waals surface area contributed by atoms with E-state index in [-0.39, 0.29) is 23.7 Å². The number of benzene rings is 20. The average molecular weight is 1840 g/mol. The van der Waals surface area contributed by atoms with Crippen LogP contribution in [-0.4, -0.2) is 18.3 Å². The van der Waals surface area contributed by atoms with Gasteiger partial charge in [-0.05, 0) is 325 Å². The largest absolute Gasteiger partial charge is 0.494 e. The van der Waals surface area contributed by atoms with Gasteiger partial charge in [0, 0.05) is 8.95 Å². The first-order chi connectivity index (χ1) is 65.2. The molecule has 0 N–H and O–H groups in total. The fourth-order valence-electron chi connectivity index (χ4n) is 20.1. The Bertz CT molecular complexity index is 7120. The van der Waals surface area contributed by atoms with Gasteiger partial charge in [-0.1, -0.05) is 432 Å². The summed E-state index contributed by atoms with van der Waals surface area (Å²) in [4.78, 5) is 0. The van der Waals surface area contributed by atoms with Crippen molar-refractivity contribution in [2.24, 2.45) is 0 Å². The van der Waals surface area contributed by atoms with Gasteiger partial charge in [0.15, 0.2) is 0 Å². The fraction of sp³-hybridized carbons (Fsp3) is 0.0625. The molecule has 1 aliphatic heterocycles. The van der Waals surface area contributed by atoms with E-state index in [1.165, 1.54) is 184 Å². The van der Waals surface area contributed by atoms with Crippen LogP contribution in [0.15, 0.2) is 512 Å². The van der Waals surface area contributed by atoms with Crippen molar-refractivity contribution in [3.05, 3.63) is 557 Å². The minimum absolute atomic E-state index is 0.333. The summed E-state index contributed by atoms with van der Waals surface area (Å²) in [7, 11) is -0.374. The highest BCUT2D eigenvalue weighted by atomic mass is 79.9. The van der Waals surface area contributed by atoms with Crippen molar-refractivity contribution in [1.29, 1.82) is 0 Å². The van der Waals surface area contributed by atoms with Crippen LogP contribution in [0.1, 0.15) is 72.2 Å². The Morgan fingerprint density at radius 1 is 0.165 bits per heavy atom. The molecule has 0 radical (unpaired) electrons. The van der Waals surface area contributed by atoms with E-state index in [0.29, 0.717) is 0 Å². The fourth-order valence-corrected chi connectivity index (χ4v) is 20.9.